The van der Waals surface area contributed by atoms with Crippen molar-refractivity contribution >= 4 is 35.8 Å². The van der Waals surface area contributed by atoms with Gasteiger partial charge in [0.1, 0.15) is 0 Å². The van der Waals surface area contributed by atoms with Crippen LogP contribution in [0.4, 0.5) is 5.69 Å². The second kappa shape index (κ2) is 7.61. The zero-order chi connectivity index (χ0) is 16.7. The average molecular weight is 307 g/mol. The van der Waals surface area contributed by atoms with Gasteiger partial charge in [0.05, 0.1) is 5.69 Å². The van der Waals surface area contributed by atoms with Gasteiger partial charge >= 0.3 is 5.97 Å². The topological polar surface area (TPSA) is 102 Å². The highest BCUT2D eigenvalue weighted by Crippen LogP contribution is 2.16. The van der Waals surface area contributed by atoms with Crippen LogP contribution in [-0.4, -0.2) is 17.0 Å². The Bertz CT molecular complexity index is 771. The Kier molecular flexibility index (Phi) is 5.30. The zero-order valence-electron chi connectivity index (χ0n) is 12.4. The van der Waals surface area contributed by atoms with Crippen molar-refractivity contribution in [2.24, 2.45) is 16.5 Å². The number of guanidine groups is 1. The molecule has 0 atom stereocenters. The van der Waals surface area contributed by atoms with Gasteiger partial charge in [-0.05, 0) is 34.9 Å². The number of aliphatic carboxylic acids is 1. The van der Waals surface area contributed by atoms with Crippen LogP contribution >= 0.6 is 0 Å². The maximum atomic E-state index is 10.5. The number of hydrogen-bond acceptors (Lipinski definition) is 2. The SMILES string of the molecule is NC(N)=Nc1cccc(C=Cc2ccc(C=CC(=O)O)cc2)c1. The number of nitrogens with two attached hydrogens (primary N) is 2. The monoisotopic (exact) mass is 307 g/mol. The van der Waals surface area contributed by atoms with Gasteiger partial charge in [0, 0.05) is 6.08 Å². The molecule has 23 heavy (non-hydrogen) atoms. The second-order valence-corrected chi connectivity index (χ2v) is 4.80. The largest absolute Gasteiger partial charge is 0.478 e. The molecule has 5 heteroatoms. The highest BCUT2D eigenvalue weighted by Gasteiger charge is 1.94. The lowest BCUT2D eigenvalue weighted by Gasteiger charge is -1.99. The molecular formula is C18H17N3O2. The third kappa shape index (κ3) is 5.51. The molecule has 0 heterocycles. The van der Waals surface area contributed by atoms with Crippen molar-refractivity contribution < 1.29 is 9.90 Å². The molecule has 0 aromatic heterocycles. The maximum Gasteiger partial charge on any atom is 0.328 e. The normalized spacial score (nSPS) is 11.0. The van der Waals surface area contributed by atoms with Gasteiger partial charge in [0.2, 0.25) is 0 Å². The summed E-state index contributed by atoms with van der Waals surface area (Å²) in [6.45, 7) is 0. The summed E-state index contributed by atoms with van der Waals surface area (Å²) in [4.78, 5) is 14.5. The lowest BCUT2D eigenvalue weighted by molar-refractivity contribution is -0.131. The number of carboxylic acids is 1. The van der Waals surface area contributed by atoms with Gasteiger partial charge in [-0.3, -0.25) is 0 Å². The van der Waals surface area contributed by atoms with Crippen LogP contribution in [0.25, 0.3) is 18.2 Å². The molecule has 0 radical (unpaired) electrons. The number of carbonyl (C=O) groups is 1. The number of nitrogens with zero attached hydrogens (tertiary/aromatic N) is 1. The highest BCUT2D eigenvalue weighted by atomic mass is 16.4. The van der Waals surface area contributed by atoms with E-state index in [2.05, 4.69) is 4.99 Å². The summed E-state index contributed by atoms with van der Waals surface area (Å²) in [5.41, 5.74) is 14.2. The van der Waals surface area contributed by atoms with Crippen molar-refractivity contribution in [3.05, 3.63) is 71.3 Å². The molecule has 116 valence electrons. The molecule has 0 saturated heterocycles. The number of rotatable bonds is 5. The minimum atomic E-state index is -0.963. The molecule has 5 nitrogen and oxygen atoms in total. The summed E-state index contributed by atoms with van der Waals surface area (Å²) in [6, 6.07) is 15.1. The molecule has 0 fully saturated rings. The number of hydrogen-bond donors (Lipinski definition) is 3. The lowest BCUT2D eigenvalue weighted by Crippen LogP contribution is -2.21. The first-order valence-electron chi connectivity index (χ1n) is 6.92. The van der Waals surface area contributed by atoms with E-state index in [-0.39, 0.29) is 5.96 Å². The summed E-state index contributed by atoms with van der Waals surface area (Å²) < 4.78 is 0. The minimum absolute atomic E-state index is 0.0242. The van der Waals surface area contributed by atoms with Crippen molar-refractivity contribution in [1.82, 2.24) is 0 Å². The summed E-state index contributed by atoms with van der Waals surface area (Å²) >= 11 is 0. The quantitative estimate of drug-likeness (QED) is 0.342. The maximum absolute atomic E-state index is 10.5. The average Bonchev–Trinajstić information content (AvgIpc) is 2.51. The van der Waals surface area contributed by atoms with E-state index >= 15 is 0 Å². The highest BCUT2D eigenvalue weighted by molar-refractivity contribution is 5.85. The van der Waals surface area contributed by atoms with Crippen LogP contribution in [0, 0.1) is 0 Å². The predicted octanol–water partition coefficient (Wildman–Crippen LogP) is 2.86. The Balaban J connectivity index is 2.11. The van der Waals surface area contributed by atoms with Crippen LogP contribution in [0.1, 0.15) is 16.7 Å². The molecule has 0 aliphatic carbocycles. The first-order valence-corrected chi connectivity index (χ1v) is 6.92. The molecule has 0 spiro atoms. The van der Waals surface area contributed by atoms with Gasteiger partial charge in [0.25, 0.3) is 0 Å². The van der Waals surface area contributed by atoms with E-state index in [0.29, 0.717) is 5.69 Å². The smallest absolute Gasteiger partial charge is 0.328 e. The first kappa shape index (κ1) is 16.0. The number of benzene rings is 2. The van der Waals surface area contributed by atoms with E-state index in [1.807, 2.05) is 60.7 Å². The van der Waals surface area contributed by atoms with E-state index in [1.165, 1.54) is 0 Å². The fourth-order valence-corrected chi connectivity index (χ4v) is 1.93. The van der Waals surface area contributed by atoms with Crippen LogP contribution in [-0.2, 0) is 4.79 Å². The summed E-state index contributed by atoms with van der Waals surface area (Å²) in [5, 5.41) is 8.59. The van der Waals surface area contributed by atoms with Crippen LogP contribution in [0.5, 0.6) is 0 Å². The molecule has 0 aliphatic rings. The molecule has 0 unspecified atom stereocenters. The molecule has 2 aromatic carbocycles. The van der Waals surface area contributed by atoms with Crippen LogP contribution < -0.4 is 11.5 Å². The van der Waals surface area contributed by atoms with Gasteiger partial charge < -0.3 is 16.6 Å². The van der Waals surface area contributed by atoms with Crippen LogP contribution in [0.3, 0.4) is 0 Å². The molecule has 5 N–H and O–H groups in total. The lowest BCUT2D eigenvalue weighted by atomic mass is 10.1. The van der Waals surface area contributed by atoms with Gasteiger partial charge in [-0.15, -0.1) is 0 Å². The summed E-state index contributed by atoms with van der Waals surface area (Å²) in [7, 11) is 0. The van der Waals surface area contributed by atoms with E-state index in [9.17, 15) is 4.79 Å². The van der Waals surface area contributed by atoms with Crippen LogP contribution in [0.15, 0.2) is 59.6 Å². The number of aliphatic imine (C=N–C) groups is 1. The van der Waals surface area contributed by atoms with Crippen molar-refractivity contribution in [3.8, 4) is 0 Å². The van der Waals surface area contributed by atoms with Crippen molar-refractivity contribution in [1.29, 1.82) is 0 Å². The van der Waals surface area contributed by atoms with Crippen molar-refractivity contribution in [2.45, 2.75) is 0 Å². The van der Waals surface area contributed by atoms with E-state index in [0.717, 1.165) is 22.8 Å². The Labute approximate surface area is 134 Å². The molecule has 0 saturated carbocycles. The standard InChI is InChI=1S/C18H17N3O2/c19-18(20)21-16-3-1-2-15(12-16)9-8-13-4-6-14(7-5-13)10-11-17(22)23/h1-12H,(H,22,23)(H4,19,20,21). The molecule has 0 amide bonds. The Morgan fingerprint density at radius 3 is 2.13 bits per heavy atom. The first-order chi connectivity index (χ1) is 11.0. The van der Waals surface area contributed by atoms with Crippen molar-refractivity contribution in [3.63, 3.8) is 0 Å². The summed E-state index contributed by atoms with van der Waals surface area (Å²) in [6.07, 6.45) is 6.57. The van der Waals surface area contributed by atoms with Gasteiger partial charge in [-0.25, -0.2) is 9.79 Å². The fourth-order valence-electron chi connectivity index (χ4n) is 1.93. The Morgan fingerprint density at radius 1 is 0.913 bits per heavy atom. The summed E-state index contributed by atoms with van der Waals surface area (Å²) in [5.74, 6) is -0.939. The third-order valence-corrected chi connectivity index (χ3v) is 2.95. The predicted molar refractivity (Wildman–Crippen MR) is 94.0 cm³/mol. The van der Waals surface area contributed by atoms with Crippen LogP contribution in [0.2, 0.25) is 0 Å². The third-order valence-electron chi connectivity index (χ3n) is 2.95. The Hall–Kier alpha value is -3.34. The van der Waals surface area contributed by atoms with Gasteiger partial charge in [-0.1, -0.05) is 48.6 Å². The van der Waals surface area contributed by atoms with E-state index in [1.54, 1.807) is 6.08 Å². The second-order valence-electron chi connectivity index (χ2n) is 4.80. The minimum Gasteiger partial charge on any atom is -0.478 e. The molecular weight excluding hydrogens is 290 g/mol. The Morgan fingerprint density at radius 2 is 1.52 bits per heavy atom. The zero-order valence-corrected chi connectivity index (χ0v) is 12.4. The van der Waals surface area contributed by atoms with Gasteiger partial charge in [0.15, 0.2) is 5.96 Å². The van der Waals surface area contributed by atoms with Crippen molar-refractivity contribution in [2.75, 3.05) is 0 Å². The molecule has 2 aromatic rings. The number of carboxylic acid groups (broad SMARTS) is 1. The molecule has 0 aliphatic heterocycles. The molecule has 2 rings (SSSR count). The van der Waals surface area contributed by atoms with E-state index in [4.69, 9.17) is 16.6 Å². The van der Waals surface area contributed by atoms with Gasteiger partial charge in [-0.2, -0.15) is 0 Å². The molecule has 0 bridgehead atoms. The fraction of sp³-hybridized carbons (Fsp3) is 0. The van der Waals surface area contributed by atoms with E-state index < -0.39 is 5.97 Å².